The van der Waals surface area contributed by atoms with Gasteiger partial charge < -0.3 is 5.11 Å². The van der Waals surface area contributed by atoms with E-state index in [0.29, 0.717) is 6.42 Å². The highest BCUT2D eigenvalue weighted by Gasteiger charge is 2.16. The Morgan fingerprint density at radius 3 is 2.83 bits per heavy atom. The Kier molecular flexibility index (Phi) is 3.38. The third-order valence-corrected chi connectivity index (χ3v) is 3.76. The fourth-order valence-electron chi connectivity index (χ4n) is 1.85. The van der Waals surface area contributed by atoms with Crippen molar-refractivity contribution in [3.63, 3.8) is 0 Å². The number of hydrogen-bond donors (Lipinski definition) is 2. The molecule has 2 heterocycles. The van der Waals surface area contributed by atoms with Gasteiger partial charge in [-0.2, -0.15) is 0 Å². The van der Waals surface area contributed by atoms with Crippen LogP contribution in [0.1, 0.15) is 23.4 Å². The number of nitrogens with zero attached hydrogens (tertiary/aromatic N) is 1. The van der Waals surface area contributed by atoms with E-state index in [9.17, 15) is 14.7 Å². The van der Waals surface area contributed by atoms with Crippen LogP contribution in [0.4, 0.5) is 0 Å². The molecule has 2 N–H and O–H groups in total. The van der Waals surface area contributed by atoms with Crippen molar-refractivity contribution in [1.29, 1.82) is 0 Å². The number of aromatic amines is 1. The van der Waals surface area contributed by atoms with Gasteiger partial charge in [-0.1, -0.05) is 6.07 Å². The molecule has 1 atom stereocenters. The molecule has 0 aromatic carbocycles. The van der Waals surface area contributed by atoms with Crippen LogP contribution in [0, 0.1) is 6.92 Å². The van der Waals surface area contributed by atoms with E-state index < -0.39 is 11.2 Å². The molecule has 0 radical (unpaired) electrons. The Morgan fingerprint density at radius 1 is 1.50 bits per heavy atom. The lowest BCUT2D eigenvalue weighted by Crippen LogP contribution is -2.33. The Hall–Kier alpha value is -1.82. The molecule has 0 bridgehead atoms. The maximum atomic E-state index is 11.7. The van der Waals surface area contributed by atoms with Crippen molar-refractivity contribution in [1.82, 2.24) is 9.55 Å². The molecular formula is C12H14N2O3S. The first-order valence-electron chi connectivity index (χ1n) is 5.57. The van der Waals surface area contributed by atoms with Crippen LogP contribution >= 0.6 is 11.3 Å². The third-order valence-electron chi connectivity index (χ3n) is 2.86. The molecule has 6 heteroatoms. The van der Waals surface area contributed by atoms with Crippen LogP contribution in [0.25, 0.3) is 0 Å². The molecule has 0 fully saturated rings. The monoisotopic (exact) mass is 266 g/mol. The highest BCUT2D eigenvalue weighted by atomic mass is 32.1. The van der Waals surface area contributed by atoms with Gasteiger partial charge in [-0.05, 0) is 25.3 Å². The molecule has 96 valence electrons. The number of H-pyrrole nitrogens is 1. The quantitative estimate of drug-likeness (QED) is 0.882. The van der Waals surface area contributed by atoms with Crippen molar-refractivity contribution >= 4 is 11.3 Å². The van der Waals surface area contributed by atoms with E-state index in [1.165, 1.54) is 11.5 Å². The van der Waals surface area contributed by atoms with Crippen molar-refractivity contribution in [2.24, 2.45) is 0 Å². The molecule has 0 spiro atoms. The molecule has 0 aliphatic rings. The van der Waals surface area contributed by atoms with Gasteiger partial charge in [0.1, 0.15) is 0 Å². The topological polar surface area (TPSA) is 75.1 Å². The van der Waals surface area contributed by atoms with E-state index in [4.69, 9.17) is 0 Å². The number of hydrogen-bond acceptors (Lipinski definition) is 4. The molecular weight excluding hydrogens is 252 g/mol. The minimum Gasteiger partial charge on any atom is -0.494 e. The second-order valence-electron chi connectivity index (χ2n) is 4.21. The molecule has 0 aliphatic heterocycles. The zero-order valence-corrected chi connectivity index (χ0v) is 11.0. The summed E-state index contributed by atoms with van der Waals surface area (Å²) in [6.07, 6.45) is 0.636. The predicted octanol–water partition coefficient (Wildman–Crippen LogP) is 1.42. The van der Waals surface area contributed by atoms with Gasteiger partial charge in [0, 0.05) is 17.3 Å². The lowest BCUT2D eigenvalue weighted by molar-refractivity contribution is 0.367. The molecule has 5 nitrogen and oxygen atoms in total. The Balaban J connectivity index is 2.42. The maximum absolute atomic E-state index is 11.7. The number of nitrogens with one attached hydrogen (secondary N) is 1. The summed E-state index contributed by atoms with van der Waals surface area (Å²) in [6.45, 7) is 3.32. The highest BCUT2D eigenvalue weighted by molar-refractivity contribution is 7.09. The molecule has 0 aliphatic carbocycles. The fourth-order valence-corrected chi connectivity index (χ4v) is 2.68. The normalized spacial score (nSPS) is 12.6. The summed E-state index contributed by atoms with van der Waals surface area (Å²) < 4.78 is 1.22. The first-order valence-corrected chi connectivity index (χ1v) is 6.45. The molecule has 2 rings (SSSR count). The Labute approximate surface area is 107 Å². The van der Waals surface area contributed by atoms with Crippen LogP contribution < -0.4 is 11.2 Å². The van der Waals surface area contributed by atoms with Gasteiger partial charge in [0.25, 0.3) is 5.56 Å². The lowest BCUT2D eigenvalue weighted by Gasteiger charge is -2.16. The average Bonchev–Trinajstić information content (AvgIpc) is 2.78. The highest BCUT2D eigenvalue weighted by Crippen LogP contribution is 2.20. The molecule has 2 aromatic heterocycles. The van der Waals surface area contributed by atoms with E-state index in [1.807, 2.05) is 24.4 Å². The van der Waals surface area contributed by atoms with Crippen LogP contribution in [0.2, 0.25) is 0 Å². The van der Waals surface area contributed by atoms with Gasteiger partial charge in [0.15, 0.2) is 0 Å². The lowest BCUT2D eigenvalue weighted by atomic mass is 10.2. The van der Waals surface area contributed by atoms with E-state index in [2.05, 4.69) is 4.98 Å². The van der Waals surface area contributed by atoms with Crippen molar-refractivity contribution in [2.75, 3.05) is 0 Å². The van der Waals surface area contributed by atoms with Gasteiger partial charge in [-0.25, -0.2) is 4.79 Å². The van der Waals surface area contributed by atoms with Crippen molar-refractivity contribution in [2.45, 2.75) is 26.3 Å². The van der Waals surface area contributed by atoms with Crippen LogP contribution in [0.3, 0.4) is 0 Å². The summed E-state index contributed by atoms with van der Waals surface area (Å²) in [5.41, 5.74) is -0.961. The van der Waals surface area contributed by atoms with Gasteiger partial charge in [0.05, 0.1) is 5.56 Å². The van der Waals surface area contributed by atoms with Crippen LogP contribution in [0.5, 0.6) is 5.88 Å². The second-order valence-corrected chi connectivity index (χ2v) is 5.24. The molecule has 18 heavy (non-hydrogen) atoms. The fraction of sp³-hybridized carbons (Fsp3) is 0.333. The standard InChI is InChI=1S/C12H14N2O3S/c1-7(6-9-4-3-5-18-9)14-11(16)8(2)10(15)13-12(14)17/h3-5,7,16H,6H2,1-2H3,(H,13,15,17). The summed E-state index contributed by atoms with van der Waals surface area (Å²) >= 11 is 1.60. The van der Waals surface area contributed by atoms with Crippen LogP contribution in [-0.4, -0.2) is 14.7 Å². The number of aromatic nitrogens is 2. The number of thiophene rings is 1. The van der Waals surface area contributed by atoms with E-state index in [1.54, 1.807) is 11.3 Å². The van der Waals surface area contributed by atoms with Crippen LogP contribution in [0.15, 0.2) is 27.1 Å². The summed E-state index contributed by atoms with van der Waals surface area (Å²) in [5.74, 6) is -0.257. The van der Waals surface area contributed by atoms with Gasteiger partial charge >= 0.3 is 5.69 Å². The van der Waals surface area contributed by atoms with E-state index in [-0.39, 0.29) is 17.5 Å². The summed E-state index contributed by atoms with van der Waals surface area (Å²) in [6, 6.07) is 3.70. The largest absolute Gasteiger partial charge is 0.494 e. The van der Waals surface area contributed by atoms with E-state index in [0.717, 1.165) is 4.88 Å². The number of rotatable bonds is 3. The maximum Gasteiger partial charge on any atom is 0.331 e. The first kappa shape index (κ1) is 12.6. The van der Waals surface area contributed by atoms with E-state index >= 15 is 0 Å². The summed E-state index contributed by atoms with van der Waals surface area (Å²) in [7, 11) is 0. The second kappa shape index (κ2) is 4.81. The summed E-state index contributed by atoms with van der Waals surface area (Å²) in [5, 5.41) is 11.9. The van der Waals surface area contributed by atoms with Crippen molar-refractivity contribution < 1.29 is 5.11 Å². The SMILES string of the molecule is Cc1c(O)n(C(C)Cc2cccs2)c(=O)[nH]c1=O. The Morgan fingerprint density at radius 2 is 2.22 bits per heavy atom. The zero-order valence-electron chi connectivity index (χ0n) is 10.1. The molecule has 0 saturated carbocycles. The number of aromatic hydroxyl groups is 1. The van der Waals surface area contributed by atoms with Crippen LogP contribution in [-0.2, 0) is 6.42 Å². The third kappa shape index (κ3) is 2.24. The minimum atomic E-state index is -0.577. The van der Waals surface area contributed by atoms with Gasteiger partial charge in [-0.3, -0.25) is 14.3 Å². The molecule has 0 saturated heterocycles. The zero-order chi connectivity index (χ0) is 13.3. The minimum absolute atomic E-state index is 0.160. The smallest absolute Gasteiger partial charge is 0.331 e. The Bertz CT molecular complexity index is 655. The summed E-state index contributed by atoms with van der Waals surface area (Å²) in [4.78, 5) is 26.4. The van der Waals surface area contributed by atoms with Crippen molar-refractivity contribution in [3.05, 3.63) is 48.8 Å². The van der Waals surface area contributed by atoms with Gasteiger partial charge in [-0.15, -0.1) is 11.3 Å². The molecule has 0 amide bonds. The molecule has 2 aromatic rings. The predicted molar refractivity (Wildman–Crippen MR) is 70.5 cm³/mol. The van der Waals surface area contributed by atoms with Gasteiger partial charge in [0.2, 0.25) is 5.88 Å². The van der Waals surface area contributed by atoms with Crippen molar-refractivity contribution in [3.8, 4) is 5.88 Å². The average molecular weight is 266 g/mol. The first-order chi connectivity index (χ1) is 8.50. The molecule has 1 unspecified atom stereocenters.